The number of ether oxygens (including phenoxy) is 1. The molecule has 3 aliphatic heterocycles. The van der Waals surface area contributed by atoms with Gasteiger partial charge in [0.05, 0.1) is 12.7 Å². The second-order valence-electron chi connectivity index (χ2n) is 8.27. The summed E-state index contributed by atoms with van der Waals surface area (Å²) in [5.74, 6) is 0.840. The van der Waals surface area contributed by atoms with Crippen LogP contribution in [0.3, 0.4) is 0 Å². The number of pyridine rings is 1. The lowest BCUT2D eigenvalue weighted by atomic mass is 9.60. The van der Waals surface area contributed by atoms with E-state index in [9.17, 15) is 23.2 Å². The van der Waals surface area contributed by atoms with Gasteiger partial charge in [0.25, 0.3) is 0 Å². The molecule has 0 radical (unpaired) electrons. The minimum atomic E-state index is -4.63. The summed E-state index contributed by atoms with van der Waals surface area (Å²) in [6.45, 7) is 3.63. The number of piperidine rings is 2. The number of esters is 1. The molecule has 0 aromatic carbocycles. The predicted octanol–water partition coefficient (Wildman–Crippen LogP) is 3.21. The van der Waals surface area contributed by atoms with Crippen LogP contribution in [0.1, 0.15) is 37.3 Å². The van der Waals surface area contributed by atoms with Crippen molar-refractivity contribution >= 4 is 17.6 Å². The molecule has 1 saturated carbocycles. The number of carbonyl (C=O) groups is 1. The Kier molecular flexibility index (Phi) is 4.83. The van der Waals surface area contributed by atoms with Crippen LogP contribution in [0.25, 0.3) is 0 Å². The van der Waals surface area contributed by atoms with Crippen LogP contribution in [-0.2, 0) is 15.7 Å². The summed E-state index contributed by atoms with van der Waals surface area (Å²) in [5, 5.41) is 9.44. The number of hydrogen-bond acceptors (Lipinski definition) is 6. The van der Waals surface area contributed by atoms with Gasteiger partial charge >= 0.3 is 12.1 Å². The van der Waals surface area contributed by atoms with Crippen molar-refractivity contribution in [2.24, 2.45) is 17.8 Å². The van der Waals surface area contributed by atoms with Crippen LogP contribution in [0.2, 0.25) is 0 Å². The summed E-state index contributed by atoms with van der Waals surface area (Å²) in [7, 11) is 1.36. The molecule has 9 heteroatoms. The first-order chi connectivity index (χ1) is 13.7. The zero-order valence-corrected chi connectivity index (χ0v) is 16.4. The second kappa shape index (κ2) is 7.08. The number of nitrogens with zero attached hydrogens (tertiary/aromatic N) is 4. The molecule has 3 saturated heterocycles. The summed E-state index contributed by atoms with van der Waals surface area (Å²) in [4.78, 5) is 19.8. The zero-order valence-electron chi connectivity index (χ0n) is 16.4. The van der Waals surface area contributed by atoms with E-state index in [2.05, 4.69) is 4.98 Å². The lowest BCUT2D eigenvalue weighted by molar-refractivity contribution is -0.145. The Labute approximate surface area is 167 Å². The van der Waals surface area contributed by atoms with Crippen molar-refractivity contribution in [1.82, 2.24) is 4.98 Å². The molecule has 3 atom stereocenters. The molecular formula is C20H23F3N4O2. The molecule has 4 fully saturated rings. The SMILES string of the molecule is COC(=O)CC1C2CC1CN(c1cc(C(F)(F)F)c(C#N)c(N3CCC3C)n1)C2. The number of rotatable bonds is 4. The highest BCUT2D eigenvalue weighted by atomic mass is 19.4. The standard InChI is InChI=1S/C20H23F3N4O2/c1-11-3-4-27(11)19-15(8-24)16(20(21,22)23)7-17(25-19)26-9-12-5-13(10-26)14(12)6-18(28)29-2/h7,11-14H,3-6,9-10H2,1-2H3. The van der Waals surface area contributed by atoms with Gasteiger partial charge in [0.15, 0.2) is 0 Å². The van der Waals surface area contributed by atoms with E-state index in [4.69, 9.17) is 4.74 Å². The Morgan fingerprint density at radius 1 is 1.38 bits per heavy atom. The summed E-state index contributed by atoms with van der Waals surface area (Å²) in [6, 6.07) is 2.80. The highest BCUT2D eigenvalue weighted by Gasteiger charge is 2.48. The zero-order chi connectivity index (χ0) is 20.9. The lowest BCUT2D eigenvalue weighted by Crippen LogP contribution is -2.56. The highest BCUT2D eigenvalue weighted by molar-refractivity contribution is 5.70. The minimum Gasteiger partial charge on any atom is -0.469 e. The number of nitriles is 1. The fourth-order valence-corrected chi connectivity index (χ4v) is 4.84. The molecule has 6 nitrogen and oxygen atoms in total. The molecule has 1 aliphatic carbocycles. The van der Waals surface area contributed by atoms with Crippen molar-refractivity contribution < 1.29 is 22.7 Å². The first-order valence-corrected chi connectivity index (χ1v) is 9.83. The quantitative estimate of drug-likeness (QED) is 0.713. The van der Waals surface area contributed by atoms with Crippen LogP contribution >= 0.6 is 0 Å². The monoisotopic (exact) mass is 408 g/mol. The van der Waals surface area contributed by atoms with Crippen LogP contribution in [0, 0.1) is 29.1 Å². The Balaban J connectivity index is 1.64. The third kappa shape index (κ3) is 3.38. The van der Waals surface area contributed by atoms with Gasteiger partial charge in [-0.2, -0.15) is 18.4 Å². The van der Waals surface area contributed by atoms with E-state index < -0.39 is 17.3 Å². The van der Waals surface area contributed by atoms with Crippen molar-refractivity contribution in [3.05, 3.63) is 17.2 Å². The Hall–Kier alpha value is -2.50. The van der Waals surface area contributed by atoms with E-state index in [1.54, 1.807) is 11.0 Å². The van der Waals surface area contributed by atoms with Crippen molar-refractivity contribution in [3.63, 3.8) is 0 Å². The van der Waals surface area contributed by atoms with Crippen molar-refractivity contribution in [1.29, 1.82) is 5.26 Å². The fraction of sp³-hybridized carbons (Fsp3) is 0.650. The smallest absolute Gasteiger partial charge is 0.417 e. The van der Waals surface area contributed by atoms with E-state index >= 15 is 0 Å². The second-order valence-corrected chi connectivity index (χ2v) is 8.27. The summed E-state index contributed by atoms with van der Waals surface area (Å²) < 4.78 is 45.9. The number of halogens is 3. The molecule has 4 heterocycles. The number of alkyl halides is 3. The third-order valence-electron chi connectivity index (χ3n) is 6.68. The van der Waals surface area contributed by atoms with E-state index in [-0.39, 0.29) is 41.4 Å². The topological polar surface area (TPSA) is 69.5 Å². The average molecular weight is 408 g/mol. The minimum absolute atomic E-state index is 0.0603. The number of anilines is 2. The van der Waals surface area contributed by atoms with Crippen molar-refractivity contribution in [2.45, 2.75) is 38.4 Å². The number of aromatic nitrogens is 1. The maximum Gasteiger partial charge on any atom is 0.417 e. The predicted molar refractivity (Wildman–Crippen MR) is 99.3 cm³/mol. The number of carbonyl (C=O) groups excluding carboxylic acids is 1. The molecule has 5 rings (SSSR count). The first-order valence-electron chi connectivity index (χ1n) is 9.83. The van der Waals surface area contributed by atoms with Crippen LogP contribution in [0.4, 0.5) is 24.8 Å². The Morgan fingerprint density at radius 3 is 2.55 bits per heavy atom. The van der Waals surface area contributed by atoms with E-state index in [1.807, 2.05) is 11.8 Å². The van der Waals surface area contributed by atoms with Gasteiger partial charge in [0, 0.05) is 32.1 Å². The molecular weight excluding hydrogens is 385 g/mol. The van der Waals surface area contributed by atoms with Gasteiger partial charge in [-0.25, -0.2) is 4.98 Å². The van der Waals surface area contributed by atoms with Crippen LogP contribution in [-0.4, -0.2) is 43.7 Å². The molecule has 1 aromatic rings. The molecule has 2 bridgehead atoms. The van der Waals surface area contributed by atoms with Crippen molar-refractivity contribution in [2.75, 3.05) is 36.5 Å². The highest BCUT2D eigenvalue weighted by Crippen LogP contribution is 2.49. The largest absolute Gasteiger partial charge is 0.469 e. The normalized spacial score (nSPS) is 28.3. The Bertz CT molecular complexity index is 855. The van der Waals surface area contributed by atoms with Gasteiger partial charge in [-0.1, -0.05) is 0 Å². The molecule has 0 N–H and O–H groups in total. The van der Waals surface area contributed by atoms with Crippen LogP contribution < -0.4 is 9.80 Å². The molecule has 29 heavy (non-hydrogen) atoms. The van der Waals surface area contributed by atoms with Gasteiger partial charge in [-0.15, -0.1) is 0 Å². The average Bonchev–Trinajstić information content (AvgIpc) is 2.69. The van der Waals surface area contributed by atoms with E-state index in [0.717, 1.165) is 18.9 Å². The van der Waals surface area contributed by atoms with E-state index in [0.29, 0.717) is 26.1 Å². The lowest BCUT2D eigenvalue weighted by Gasteiger charge is -2.54. The summed E-state index contributed by atoms with van der Waals surface area (Å²) >= 11 is 0. The maximum atomic E-state index is 13.7. The van der Waals surface area contributed by atoms with Gasteiger partial charge in [0.2, 0.25) is 0 Å². The number of hydrogen-bond donors (Lipinski definition) is 0. The molecule has 0 amide bonds. The van der Waals surface area contributed by atoms with E-state index in [1.165, 1.54) is 7.11 Å². The van der Waals surface area contributed by atoms with Crippen LogP contribution in [0.5, 0.6) is 0 Å². The molecule has 3 unspecified atom stereocenters. The third-order valence-corrected chi connectivity index (χ3v) is 6.68. The summed E-state index contributed by atoms with van der Waals surface area (Å²) in [5.41, 5.74) is -1.33. The molecule has 4 aliphatic rings. The van der Waals surface area contributed by atoms with Crippen LogP contribution in [0.15, 0.2) is 6.07 Å². The summed E-state index contributed by atoms with van der Waals surface area (Å²) in [6.07, 6.45) is -2.44. The maximum absolute atomic E-state index is 13.7. The van der Waals surface area contributed by atoms with Crippen molar-refractivity contribution in [3.8, 4) is 6.07 Å². The number of fused-ring (bicyclic) bond motifs is 2. The first kappa shape index (κ1) is 19.8. The Morgan fingerprint density at radius 2 is 2.07 bits per heavy atom. The van der Waals surface area contributed by atoms with Gasteiger partial charge in [-0.05, 0) is 43.6 Å². The fourth-order valence-electron chi connectivity index (χ4n) is 4.84. The van der Waals surface area contributed by atoms with Gasteiger partial charge < -0.3 is 14.5 Å². The molecule has 1 aromatic heterocycles. The van der Waals surface area contributed by atoms with Gasteiger partial charge in [0.1, 0.15) is 23.3 Å². The number of methoxy groups -OCH3 is 1. The van der Waals surface area contributed by atoms with Gasteiger partial charge in [-0.3, -0.25) is 4.79 Å². The molecule has 156 valence electrons. The molecule has 0 spiro atoms.